The molecular weight excluding hydrogens is 556 g/mol. The minimum Gasteiger partial charge on any atom is -0.476 e. The standard InChI is InChI=1S/C36H60N2O6/c1-21(16-24(42-9)30(32(5,6)41)43-22(2)39)23-17-27(40)34(8)26-11-10-25-31(3,4)28(44-29-18-37-20-38-29)12-13-35(25)19-36(26,35)15-14-33(23,34)7/h21,23-28,30,37,40-41H,10-20H2,1-9H3/t21-,23?,24?,25+,26?,27+,28?,30?,33?,34-,35?,36?/m1/s1. The number of hydrogen-bond acceptors (Lipinski definition) is 8. The van der Waals surface area contributed by atoms with Gasteiger partial charge in [-0.1, -0.05) is 34.6 Å². The first-order valence-electron chi connectivity index (χ1n) is 17.5. The van der Waals surface area contributed by atoms with Crippen LogP contribution in [0.5, 0.6) is 0 Å². The van der Waals surface area contributed by atoms with Crippen molar-refractivity contribution in [2.24, 2.45) is 55.7 Å². The van der Waals surface area contributed by atoms with E-state index < -0.39 is 23.8 Å². The maximum Gasteiger partial charge on any atom is 0.303 e. The van der Waals surface area contributed by atoms with Gasteiger partial charge in [-0.05, 0) is 112 Å². The number of nitrogens with one attached hydrogen (secondary N) is 1. The summed E-state index contributed by atoms with van der Waals surface area (Å²) in [6.45, 7) is 18.3. The fraction of sp³-hybridized carbons (Fsp3) is 0.944. The highest BCUT2D eigenvalue weighted by Crippen LogP contribution is 2.89. The van der Waals surface area contributed by atoms with Crippen molar-refractivity contribution in [1.82, 2.24) is 5.32 Å². The lowest BCUT2D eigenvalue weighted by molar-refractivity contribution is -0.185. The molecule has 12 atom stereocenters. The Hall–Kier alpha value is -1.22. The van der Waals surface area contributed by atoms with Gasteiger partial charge in [0.15, 0.2) is 12.0 Å². The molecule has 1 aliphatic heterocycles. The minimum absolute atomic E-state index is 0.00572. The molecule has 8 unspecified atom stereocenters. The van der Waals surface area contributed by atoms with Gasteiger partial charge in [0.25, 0.3) is 0 Å². The van der Waals surface area contributed by atoms with Crippen LogP contribution >= 0.6 is 0 Å². The van der Waals surface area contributed by atoms with Crippen molar-refractivity contribution in [2.45, 2.75) is 143 Å². The smallest absolute Gasteiger partial charge is 0.303 e. The number of carbonyl (C=O) groups excluding carboxylic acids is 1. The third-order valence-electron chi connectivity index (χ3n) is 15.0. The highest BCUT2D eigenvalue weighted by atomic mass is 16.6. The largest absolute Gasteiger partial charge is 0.476 e. The zero-order chi connectivity index (χ0) is 32.1. The van der Waals surface area contributed by atoms with Gasteiger partial charge in [0.1, 0.15) is 6.10 Å². The quantitative estimate of drug-likeness (QED) is 0.310. The van der Waals surface area contributed by atoms with E-state index in [9.17, 15) is 15.0 Å². The number of methoxy groups -OCH3 is 1. The lowest BCUT2D eigenvalue weighted by atomic mass is 9.41. The van der Waals surface area contributed by atoms with E-state index in [0.717, 1.165) is 31.7 Å². The number of esters is 1. The fourth-order valence-electron chi connectivity index (χ4n) is 12.8. The molecule has 8 nitrogen and oxygen atoms in total. The van der Waals surface area contributed by atoms with E-state index in [-0.39, 0.29) is 34.4 Å². The number of aliphatic hydroxyl groups excluding tert-OH is 1. The monoisotopic (exact) mass is 616 g/mol. The number of nitrogens with zero attached hydrogens (tertiary/aromatic N) is 1. The number of aliphatic hydroxyl groups is 2. The van der Waals surface area contributed by atoms with Gasteiger partial charge in [0.05, 0.1) is 31.0 Å². The Labute approximate surface area is 265 Å². The number of carbonyl (C=O) groups is 1. The Bertz CT molecular complexity index is 1170. The zero-order valence-electron chi connectivity index (χ0n) is 28.9. The summed E-state index contributed by atoms with van der Waals surface area (Å²) >= 11 is 0. The lowest BCUT2D eigenvalue weighted by Gasteiger charge is -2.64. The van der Waals surface area contributed by atoms with Gasteiger partial charge in [-0.15, -0.1) is 0 Å². The number of hydrogen-bond donors (Lipinski definition) is 3. The van der Waals surface area contributed by atoms with Gasteiger partial charge in [0, 0.05) is 24.9 Å². The predicted octanol–water partition coefficient (Wildman–Crippen LogP) is 5.48. The number of fused-ring (bicyclic) bond motifs is 2. The second-order valence-corrected chi connectivity index (χ2v) is 17.5. The molecule has 2 spiro atoms. The maximum atomic E-state index is 12.1. The van der Waals surface area contributed by atoms with Crippen LogP contribution in [0.1, 0.15) is 113 Å². The SMILES string of the molecule is COC(C[C@@H](C)C1C[C@H](O)[C@@]2(C)C3CC[C@H]4C(C)(C)C(OC5=NCNC5)CCC45CC35CCC12C)C(OC(C)=O)C(C)(C)O. The first kappa shape index (κ1) is 32.7. The second kappa shape index (κ2) is 10.6. The summed E-state index contributed by atoms with van der Waals surface area (Å²) in [4.78, 5) is 16.5. The molecule has 44 heavy (non-hydrogen) atoms. The Morgan fingerprint density at radius 1 is 1.09 bits per heavy atom. The Morgan fingerprint density at radius 3 is 2.39 bits per heavy atom. The third kappa shape index (κ3) is 4.50. The average Bonchev–Trinajstić information content (AvgIpc) is 3.19. The first-order chi connectivity index (χ1) is 20.5. The van der Waals surface area contributed by atoms with Gasteiger partial charge in [-0.3, -0.25) is 10.1 Å². The summed E-state index contributed by atoms with van der Waals surface area (Å²) in [5.41, 5.74) is -0.573. The molecule has 3 N–H and O–H groups in total. The number of ether oxygens (including phenoxy) is 3. The van der Waals surface area contributed by atoms with Crippen LogP contribution in [0.15, 0.2) is 4.99 Å². The molecule has 0 aromatic carbocycles. The highest BCUT2D eigenvalue weighted by molar-refractivity contribution is 5.79. The van der Waals surface area contributed by atoms with Gasteiger partial charge in [-0.25, -0.2) is 4.99 Å². The van der Waals surface area contributed by atoms with Crippen molar-refractivity contribution in [3.8, 4) is 0 Å². The zero-order valence-corrected chi connectivity index (χ0v) is 28.9. The third-order valence-corrected chi connectivity index (χ3v) is 15.0. The first-order valence-corrected chi connectivity index (χ1v) is 17.5. The molecule has 6 rings (SSSR count). The molecule has 5 saturated carbocycles. The van der Waals surface area contributed by atoms with Gasteiger partial charge in [-0.2, -0.15) is 0 Å². The summed E-state index contributed by atoms with van der Waals surface area (Å²) in [6.07, 6.45) is 8.58. The number of rotatable bonds is 8. The van der Waals surface area contributed by atoms with Crippen LogP contribution in [0.2, 0.25) is 0 Å². The van der Waals surface area contributed by atoms with Crippen molar-refractivity contribution in [3.63, 3.8) is 0 Å². The van der Waals surface area contributed by atoms with E-state index in [2.05, 4.69) is 44.9 Å². The van der Waals surface area contributed by atoms with Gasteiger partial charge < -0.3 is 24.4 Å². The molecule has 0 aromatic rings. The van der Waals surface area contributed by atoms with E-state index in [1.54, 1.807) is 21.0 Å². The predicted molar refractivity (Wildman–Crippen MR) is 170 cm³/mol. The molecule has 0 aromatic heterocycles. The van der Waals surface area contributed by atoms with Crippen LogP contribution in [0, 0.1) is 50.7 Å². The van der Waals surface area contributed by atoms with E-state index in [1.807, 2.05) is 0 Å². The van der Waals surface area contributed by atoms with Crippen molar-refractivity contribution >= 4 is 11.9 Å². The Morgan fingerprint density at radius 2 is 1.77 bits per heavy atom. The van der Waals surface area contributed by atoms with E-state index in [1.165, 1.54) is 39.0 Å². The van der Waals surface area contributed by atoms with E-state index in [0.29, 0.717) is 41.7 Å². The van der Waals surface area contributed by atoms with Crippen LogP contribution in [-0.2, 0) is 19.0 Å². The van der Waals surface area contributed by atoms with Crippen LogP contribution < -0.4 is 5.32 Å². The lowest BCUT2D eigenvalue weighted by Crippen LogP contribution is -2.60. The molecule has 5 aliphatic carbocycles. The van der Waals surface area contributed by atoms with E-state index in [4.69, 9.17) is 14.2 Å². The van der Waals surface area contributed by atoms with Crippen molar-refractivity contribution in [3.05, 3.63) is 0 Å². The number of aliphatic imine (C=N–C) groups is 1. The van der Waals surface area contributed by atoms with Crippen molar-refractivity contribution in [2.75, 3.05) is 20.3 Å². The molecule has 0 amide bonds. The van der Waals surface area contributed by atoms with Gasteiger partial charge in [0.2, 0.25) is 0 Å². The highest BCUT2D eigenvalue weighted by Gasteiger charge is 2.83. The minimum atomic E-state index is -1.23. The van der Waals surface area contributed by atoms with Crippen molar-refractivity contribution < 1.29 is 29.2 Å². The summed E-state index contributed by atoms with van der Waals surface area (Å²) < 4.78 is 18.1. The summed E-state index contributed by atoms with van der Waals surface area (Å²) in [5.74, 6) is 2.19. The molecule has 250 valence electrons. The van der Waals surface area contributed by atoms with Crippen LogP contribution in [0.3, 0.4) is 0 Å². The molecule has 0 bridgehead atoms. The topological polar surface area (TPSA) is 110 Å². The van der Waals surface area contributed by atoms with Crippen LogP contribution in [0.4, 0.5) is 0 Å². The van der Waals surface area contributed by atoms with Crippen LogP contribution in [-0.4, -0.2) is 72.4 Å². The normalized spacial score (nSPS) is 46.0. The van der Waals surface area contributed by atoms with Crippen molar-refractivity contribution in [1.29, 1.82) is 0 Å². The van der Waals surface area contributed by atoms with Crippen LogP contribution in [0.25, 0.3) is 0 Å². The fourth-order valence-corrected chi connectivity index (χ4v) is 12.8. The average molecular weight is 617 g/mol. The van der Waals surface area contributed by atoms with E-state index >= 15 is 0 Å². The molecule has 8 heteroatoms. The molecule has 0 saturated heterocycles. The molecule has 0 radical (unpaired) electrons. The van der Waals surface area contributed by atoms with Gasteiger partial charge >= 0.3 is 5.97 Å². The summed E-state index contributed by atoms with van der Waals surface area (Å²) in [5, 5.41) is 26.3. The molecule has 6 aliphatic rings. The summed E-state index contributed by atoms with van der Waals surface area (Å²) in [7, 11) is 1.64. The molecule has 5 fully saturated rings. The second-order valence-electron chi connectivity index (χ2n) is 17.5. The molecule has 1 heterocycles. The molecular formula is C36H60N2O6. The Kier molecular flexibility index (Phi) is 7.92. The Balaban J connectivity index is 1.23. The summed E-state index contributed by atoms with van der Waals surface area (Å²) in [6, 6.07) is 0. The maximum absolute atomic E-state index is 12.1.